The lowest BCUT2D eigenvalue weighted by atomic mass is 10.2. The number of aromatic nitrogens is 2. The highest BCUT2D eigenvalue weighted by Crippen LogP contribution is 2.34. The Kier molecular flexibility index (Phi) is 4.45. The Hall–Kier alpha value is -1.40. The molecule has 1 atom stereocenters. The summed E-state index contributed by atoms with van der Waals surface area (Å²) in [6.07, 6.45) is 0.954. The first-order chi connectivity index (χ1) is 9.47. The molecule has 0 aliphatic carbocycles. The molecule has 108 valence electrons. The Morgan fingerprint density at radius 3 is 2.80 bits per heavy atom. The van der Waals surface area contributed by atoms with E-state index in [2.05, 4.69) is 22.2 Å². The molecule has 0 spiro atoms. The number of esters is 1. The molecule has 0 amide bonds. The Labute approximate surface area is 126 Å². The van der Waals surface area contributed by atoms with Crippen molar-refractivity contribution in [2.24, 2.45) is 0 Å². The molecule has 0 radical (unpaired) electrons. The van der Waals surface area contributed by atoms with Crippen LogP contribution < -0.4 is 5.32 Å². The van der Waals surface area contributed by atoms with E-state index < -0.39 is 0 Å². The van der Waals surface area contributed by atoms with E-state index in [4.69, 9.17) is 16.3 Å². The van der Waals surface area contributed by atoms with Crippen molar-refractivity contribution in [2.45, 2.75) is 33.2 Å². The van der Waals surface area contributed by atoms with Gasteiger partial charge in [-0.1, -0.05) is 18.5 Å². The fraction of sp³-hybridized carbons (Fsp3) is 0.462. The van der Waals surface area contributed by atoms with Crippen LogP contribution in [0.15, 0.2) is 0 Å². The zero-order chi connectivity index (χ0) is 14.9. The topological polar surface area (TPSA) is 64.1 Å². The maximum absolute atomic E-state index is 11.7. The van der Waals surface area contributed by atoms with Crippen molar-refractivity contribution in [1.29, 1.82) is 0 Å². The molecule has 2 aromatic heterocycles. The molecule has 1 unspecified atom stereocenters. The van der Waals surface area contributed by atoms with Crippen molar-refractivity contribution in [3.8, 4) is 0 Å². The Bertz CT molecular complexity index is 657. The molecule has 20 heavy (non-hydrogen) atoms. The molecule has 2 rings (SSSR count). The van der Waals surface area contributed by atoms with Gasteiger partial charge in [0.05, 0.1) is 12.5 Å². The molecular formula is C13H16ClN3O2S. The number of fused-ring (bicyclic) bond motifs is 1. The second kappa shape index (κ2) is 5.93. The van der Waals surface area contributed by atoms with Crippen LogP contribution in [0.25, 0.3) is 10.2 Å². The number of hydrogen-bond acceptors (Lipinski definition) is 6. The molecule has 0 aliphatic heterocycles. The van der Waals surface area contributed by atoms with Gasteiger partial charge in [-0.15, -0.1) is 11.3 Å². The van der Waals surface area contributed by atoms with E-state index in [1.807, 2.05) is 13.8 Å². The molecule has 0 aliphatic rings. The van der Waals surface area contributed by atoms with Crippen molar-refractivity contribution in [3.63, 3.8) is 0 Å². The van der Waals surface area contributed by atoms with E-state index in [0.29, 0.717) is 26.2 Å². The summed E-state index contributed by atoms with van der Waals surface area (Å²) in [4.78, 5) is 21.6. The third kappa shape index (κ3) is 2.71. The number of hydrogen-bond donors (Lipinski definition) is 1. The van der Waals surface area contributed by atoms with Crippen LogP contribution in [-0.4, -0.2) is 29.1 Å². The van der Waals surface area contributed by atoms with Gasteiger partial charge in [0.25, 0.3) is 0 Å². The van der Waals surface area contributed by atoms with Crippen LogP contribution in [0.4, 0.5) is 5.95 Å². The minimum atomic E-state index is -0.377. The van der Waals surface area contributed by atoms with Gasteiger partial charge in [0.15, 0.2) is 0 Å². The minimum Gasteiger partial charge on any atom is -0.465 e. The molecule has 5 nitrogen and oxygen atoms in total. The lowest BCUT2D eigenvalue weighted by Crippen LogP contribution is -2.15. The van der Waals surface area contributed by atoms with E-state index in [9.17, 15) is 4.79 Å². The number of aryl methyl sites for hydroxylation is 1. The zero-order valence-corrected chi connectivity index (χ0v) is 13.4. The van der Waals surface area contributed by atoms with Crippen LogP contribution in [0.2, 0.25) is 5.15 Å². The smallest absolute Gasteiger partial charge is 0.348 e. The summed E-state index contributed by atoms with van der Waals surface area (Å²) in [5.74, 6) is 0.104. The standard InChI is InChI=1S/C13H16ClN3O2S/c1-5-6(2)15-13-16-10(14)8-7(3)9(12(18)19-4)20-11(8)17-13/h6H,5H2,1-4H3,(H,15,16,17). The van der Waals surface area contributed by atoms with Gasteiger partial charge in [0.2, 0.25) is 5.95 Å². The summed E-state index contributed by atoms with van der Waals surface area (Å²) in [6, 6.07) is 0.254. The van der Waals surface area contributed by atoms with Crippen molar-refractivity contribution in [3.05, 3.63) is 15.6 Å². The van der Waals surface area contributed by atoms with Gasteiger partial charge in [0, 0.05) is 6.04 Å². The largest absolute Gasteiger partial charge is 0.465 e. The third-order valence-corrected chi connectivity index (χ3v) is 4.54. The Morgan fingerprint density at radius 2 is 2.20 bits per heavy atom. The number of nitrogens with one attached hydrogen (secondary N) is 1. The van der Waals surface area contributed by atoms with E-state index in [0.717, 1.165) is 12.0 Å². The second-order valence-corrected chi connectivity index (χ2v) is 5.88. The van der Waals surface area contributed by atoms with Crippen LogP contribution in [0.3, 0.4) is 0 Å². The van der Waals surface area contributed by atoms with E-state index in [1.54, 1.807) is 0 Å². The highest BCUT2D eigenvalue weighted by atomic mass is 35.5. The van der Waals surface area contributed by atoms with Gasteiger partial charge in [-0.05, 0) is 25.8 Å². The minimum absolute atomic E-state index is 0.254. The molecule has 0 fully saturated rings. The monoisotopic (exact) mass is 313 g/mol. The number of halogens is 1. The fourth-order valence-electron chi connectivity index (χ4n) is 1.76. The van der Waals surface area contributed by atoms with Crippen LogP contribution >= 0.6 is 22.9 Å². The number of carbonyl (C=O) groups is 1. The number of rotatable bonds is 4. The van der Waals surface area contributed by atoms with Gasteiger partial charge in [0.1, 0.15) is 14.9 Å². The summed E-state index contributed by atoms with van der Waals surface area (Å²) in [5, 5.41) is 4.25. The van der Waals surface area contributed by atoms with Gasteiger partial charge < -0.3 is 10.1 Å². The molecule has 0 saturated heterocycles. The van der Waals surface area contributed by atoms with Gasteiger partial charge in [-0.2, -0.15) is 0 Å². The zero-order valence-electron chi connectivity index (χ0n) is 11.8. The van der Waals surface area contributed by atoms with Gasteiger partial charge in [-0.25, -0.2) is 14.8 Å². The molecule has 0 bridgehead atoms. The number of carbonyl (C=O) groups excluding carboxylic acids is 1. The van der Waals surface area contributed by atoms with Crippen molar-refractivity contribution >= 4 is 45.1 Å². The predicted octanol–water partition coefficient (Wildman–Crippen LogP) is 3.65. The van der Waals surface area contributed by atoms with E-state index in [-0.39, 0.29) is 12.0 Å². The molecule has 2 heterocycles. The normalized spacial score (nSPS) is 12.4. The van der Waals surface area contributed by atoms with Crippen LogP contribution in [0.5, 0.6) is 0 Å². The summed E-state index contributed by atoms with van der Waals surface area (Å²) in [5.41, 5.74) is 0.761. The maximum Gasteiger partial charge on any atom is 0.348 e. The number of anilines is 1. The summed E-state index contributed by atoms with van der Waals surface area (Å²) >= 11 is 7.49. The molecule has 7 heteroatoms. The van der Waals surface area contributed by atoms with Crippen molar-refractivity contribution in [2.75, 3.05) is 12.4 Å². The fourth-order valence-corrected chi connectivity index (χ4v) is 3.23. The summed E-state index contributed by atoms with van der Waals surface area (Å²) < 4.78 is 4.76. The quantitative estimate of drug-likeness (QED) is 0.689. The van der Waals surface area contributed by atoms with E-state index in [1.165, 1.54) is 18.4 Å². The van der Waals surface area contributed by atoms with Crippen LogP contribution in [0, 0.1) is 6.92 Å². The lowest BCUT2D eigenvalue weighted by Gasteiger charge is -2.11. The van der Waals surface area contributed by atoms with Crippen molar-refractivity contribution in [1.82, 2.24) is 9.97 Å². The van der Waals surface area contributed by atoms with Crippen molar-refractivity contribution < 1.29 is 9.53 Å². The second-order valence-electron chi connectivity index (χ2n) is 4.52. The molecule has 0 saturated carbocycles. The molecule has 1 N–H and O–H groups in total. The van der Waals surface area contributed by atoms with Crippen LogP contribution in [0.1, 0.15) is 35.5 Å². The highest BCUT2D eigenvalue weighted by molar-refractivity contribution is 7.20. The average Bonchev–Trinajstić information content (AvgIpc) is 2.75. The lowest BCUT2D eigenvalue weighted by molar-refractivity contribution is 0.0605. The summed E-state index contributed by atoms with van der Waals surface area (Å²) in [7, 11) is 1.36. The summed E-state index contributed by atoms with van der Waals surface area (Å²) in [6.45, 7) is 5.94. The van der Waals surface area contributed by atoms with Crippen LogP contribution in [-0.2, 0) is 4.74 Å². The molecule has 2 aromatic rings. The predicted molar refractivity (Wildman–Crippen MR) is 81.9 cm³/mol. The molecule has 0 aromatic carbocycles. The average molecular weight is 314 g/mol. The van der Waals surface area contributed by atoms with Gasteiger partial charge >= 0.3 is 5.97 Å². The first-order valence-corrected chi connectivity index (χ1v) is 7.48. The van der Waals surface area contributed by atoms with E-state index >= 15 is 0 Å². The SMILES string of the molecule is CCC(C)Nc1nc(Cl)c2c(C)c(C(=O)OC)sc2n1. The Morgan fingerprint density at radius 1 is 1.50 bits per heavy atom. The number of nitrogens with zero attached hydrogens (tertiary/aromatic N) is 2. The number of ether oxygens (including phenoxy) is 1. The first-order valence-electron chi connectivity index (χ1n) is 6.29. The highest BCUT2D eigenvalue weighted by Gasteiger charge is 2.20. The first kappa shape index (κ1) is 15.0. The number of methoxy groups -OCH3 is 1. The third-order valence-electron chi connectivity index (χ3n) is 3.10. The Balaban J connectivity index is 2.52. The van der Waals surface area contributed by atoms with Gasteiger partial charge in [-0.3, -0.25) is 0 Å². The maximum atomic E-state index is 11.7. The molecular weight excluding hydrogens is 298 g/mol. The number of thiophene rings is 1.